The lowest BCUT2D eigenvalue weighted by atomic mass is 10.1. The Morgan fingerprint density at radius 1 is 1.62 bits per heavy atom. The SMILES string of the molecule is N#Cc1cccc(N2CC(CCl)CC2=O)n1. The zero-order valence-corrected chi connectivity index (χ0v) is 9.31. The second-order valence-electron chi connectivity index (χ2n) is 3.72. The Hall–Kier alpha value is -1.60. The minimum absolute atomic E-state index is 0.0215. The molecule has 4 nitrogen and oxygen atoms in total. The highest BCUT2D eigenvalue weighted by Gasteiger charge is 2.30. The van der Waals surface area contributed by atoms with E-state index in [1.54, 1.807) is 23.1 Å². The van der Waals surface area contributed by atoms with E-state index in [0.717, 1.165) is 0 Å². The van der Waals surface area contributed by atoms with Crippen molar-refractivity contribution in [1.82, 2.24) is 4.98 Å². The van der Waals surface area contributed by atoms with Gasteiger partial charge in [-0.05, 0) is 18.1 Å². The number of rotatable bonds is 2. The first-order valence-corrected chi connectivity index (χ1v) is 5.51. The van der Waals surface area contributed by atoms with Crippen LogP contribution in [0.25, 0.3) is 0 Å². The third-order valence-corrected chi connectivity index (χ3v) is 2.99. The molecule has 0 radical (unpaired) electrons. The summed E-state index contributed by atoms with van der Waals surface area (Å²) in [5.41, 5.74) is 0.319. The average Bonchev–Trinajstić information content (AvgIpc) is 2.71. The summed E-state index contributed by atoms with van der Waals surface area (Å²) in [6.45, 7) is 0.588. The van der Waals surface area contributed by atoms with Crippen LogP contribution in [0.15, 0.2) is 18.2 Å². The first-order valence-electron chi connectivity index (χ1n) is 4.98. The van der Waals surface area contributed by atoms with Gasteiger partial charge in [-0.3, -0.25) is 9.69 Å². The van der Waals surface area contributed by atoms with E-state index in [0.29, 0.717) is 30.4 Å². The standard InChI is InChI=1S/C11H10ClN3O/c12-5-8-4-11(16)15(7-8)10-3-1-2-9(6-13)14-10/h1-3,8H,4-5,7H2. The van der Waals surface area contributed by atoms with Crippen molar-refractivity contribution in [1.29, 1.82) is 5.26 Å². The van der Waals surface area contributed by atoms with Crippen LogP contribution in [0.4, 0.5) is 5.82 Å². The average molecular weight is 236 g/mol. The monoisotopic (exact) mass is 235 g/mol. The van der Waals surface area contributed by atoms with Crippen molar-refractivity contribution in [2.24, 2.45) is 5.92 Å². The summed E-state index contributed by atoms with van der Waals surface area (Å²) >= 11 is 5.73. The summed E-state index contributed by atoms with van der Waals surface area (Å²) in [6, 6.07) is 7.03. The predicted octanol–water partition coefficient (Wildman–Crippen LogP) is 1.54. The summed E-state index contributed by atoms with van der Waals surface area (Å²) in [6.07, 6.45) is 0.460. The number of carbonyl (C=O) groups excluding carboxylic acids is 1. The van der Waals surface area contributed by atoms with E-state index in [2.05, 4.69) is 4.98 Å². The van der Waals surface area contributed by atoms with Crippen molar-refractivity contribution >= 4 is 23.3 Å². The molecule has 0 spiro atoms. The van der Waals surface area contributed by atoms with Gasteiger partial charge in [-0.1, -0.05) is 6.07 Å². The first-order chi connectivity index (χ1) is 7.74. The number of nitriles is 1. The van der Waals surface area contributed by atoms with Crippen molar-refractivity contribution in [3.63, 3.8) is 0 Å². The lowest BCUT2D eigenvalue weighted by Crippen LogP contribution is -2.25. The molecule has 2 rings (SSSR count). The summed E-state index contributed by atoms with van der Waals surface area (Å²) in [7, 11) is 0. The van der Waals surface area contributed by atoms with Gasteiger partial charge in [-0.25, -0.2) is 4.98 Å². The van der Waals surface area contributed by atoms with Gasteiger partial charge in [0.05, 0.1) is 0 Å². The van der Waals surface area contributed by atoms with Gasteiger partial charge in [0.15, 0.2) is 0 Å². The first kappa shape index (κ1) is 10.9. The maximum Gasteiger partial charge on any atom is 0.228 e. The third-order valence-electron chi connectivity index (χ3n) is 2.55. The Balaban J connectivity index is 2.25. The van der Waals surface area contributed by atoms with Gasteiger partial charge in [0, 0.05) is 18.8 Å². The number of halogens is 1. The summed E-state index contributed by atoms with van der Waals surface area (Å²) in [5, 5.41) is 8.73. The fourth-order valence-electron chi connectivity index (χ4n) is 1.74. The molecule has 0 aliphatic carbocycles. The molecule has 5 heteroatoms. The molecule has 0 N–H and O–H groups in total. The highest BCUT2D eigenvalue weighted by molar-refractivity contribution is 6.18. The Morgan fingerprint density at radius 2 is 2.44 bits per heavy atom. The number of alkyl halides is 1. The highest BCUT2D eigenvalue weighted by Crippen LogP contribution is 2.24. The second kappa shape index (κ2) is 4.50. The molecule has 1 saturated heterocycles. The summed E-state index contributed by atoms with van der Waals surface area (Å²) < 4.78 is 0. The van der Waals surface area contributed by atoms with E-state index in [1.807, 2.05) is 6.07 Å². The van der Waals surface area contributed by atoms with E-state index in [1.165, 1.54) is 0 Å². The van der Waals surface area contributed by atoms with Crippen LogP contribution in [0.3, 0.4) is 0 Å². The van der Waals surface area contributed by atoms with Gasteiger partial charge < -0.3 is 0 Å². The topological polar surface area (TPSA) is 57.0 Å². The van der Waals surface area contributed by atoms with Crippen LogP contribution < -0.4 is 4.90 Å². The van der Waals surface area contributed by atoms with Gasteiger partial charge >= 0.3 is 0 Å². The van der Waals surface area contributed by atoms with Crippen molar-refractivity contribution in [2.75, 3.05) is 17.3 Å². The Kier molecular flexibility index (Phi) is 3.07. The van der Waals surface area contributed by atoms with Crippen molar-refractivity contribution in [3.8, 4) is 6.07 Å². The molecule has 1 unspecified atom stereocenters. The van der Waals surface area contributed by atoms with E-state index in [9.17, 15) is 4.79 Å². The molecule has 1 fully saturated rings. The largest absolute Gasteiger partial charge is 0.296 e. The number of hydrogen-bond donors (Lipinski definition) is 0. The van der Waals surface area contributed by atoms with Crippen LogP contribution in [0.2, 0.25) is 0 Å². The van der Waals surface area contributed by atoms with Gasteiger partial charge in [0.25, 0.3) is 0 Å². The van der Waals surface area contributed by atoms with Crippen LogP contribution >= 0.6 is 11.6 Å². The molecule has 1 aliphatic heterocycles. The van der Waals surface area contributed by atoms with Gasteiger partial charge in [-0.15, -0.1) is 11.6 Å². The number of nitrogens with zero attached hydrogens (tertiary/aromatic N) is 3. The lowest BCUT2D eigenvalue weighted by molar-refractivity contribution is -0.117. The van der Waals surface area contributed by atoms with Crippen molar-refractivity contribution in [3.05, 3.63) is 23.9 Å². The molecule has 1 atom stereocenters. The number of aromatic nitrogens is 1. The summed E-state index contributed by atoms with van der Waals surface area (Å²) in [5.74, 6) is 1.21. The molecule has 0 saturated carbocycles. The van der Waals surface area contributed by atoms with Crippen molar-refractivity contribution in [2.45, 2.75) is 6.42 Å². The number of anilines is 1. The zero-order chi connectivity index (χ0) is 11.5. The van der Waals surface area contributed by atoms with E-state index >= 15 is 0 Å². The minimum Gasteiger partial charge on any atom is -0.296 e. The second-order valence-corrected chi connectivity index (χ2v) is 4.03. The maximum absolute atomic E-state index is 11.7. The van der Waals surface area contributed by atoms with E-state index < -0.39 is 0 Å². The molecule has 0 bridgehead atoms. The minimum atomic E-state index is 0.0215. The normalized spacial score (nSPS) is 19.9. The van der Waals surface area contributed by atoms with Crippen LogP contribution in [0, 0.1) is 17.2 Å². The van der Waals surface area contributed by atoms with Gasteiger partial charge in [0.2, 0.25) is 5.91 Å². The lowest BCUT2D eigenvalue weighted by Gasteiger charge is -2.14. The fraction of sp³-hybridized carbons (Fsp3) is 0.364. The molecular formula is C11H10ClN3O. The van der Waals surface area contributed by atoms with Gasteiger partial charge in [-0.2, -0.15) is 5.26 Å². The molecule has 2 heterocycles. The Morgan fingerprint density at radius 3 is 3.06 bits per heavy atom. The third kappa shape index (κ3) is 2.00. The molecule has 1 aromatic rings. The molecule has 16 heavy (non-hydrogen) atoms. The Bertz CT molecular complexity index is 455. The highest BCUT2D eigenvalue weighted by atomic mass is 35.5. The summed E-state index contributed by atoms with van der Waals surface area (Å²) in [4.78, 5) is 17.4. The van der Waals surface area contributed by atoms with Crippen LogP contribution in [-0.2, 0) is 4.79 Å². The van der Waals surface area contributed by atoms with Crippen LogP contribution in [-0.4, -0.2) is 23.3 Å². The fourth-order valence-corrected chi connectivity index (χ4v) is 1.95. The molecular weight excluding hydrogens is 226 g/mol. The van der Waals surface area contributed by atoms with E-state index in [4.69, 9.17) is 16.9 Å². The quantitative estimate of drug-likeness (QED) is 0.731. The van der Waals surface area contributed by atoms with Crippen molar-refractivity contribution < 1.29 is 4.79 Å². The number of carbonyl (C=O) groups is 1. The van der Waals surface area contributed by atoms with Crippen LogP contribution in [0.5, 0.6) is 0 Å². The Labute approximate surface area is 98.5 Å². The number of pyridine rings is 1. The zero-order valence-electron chi connectivity index (χ0n) is 8.56. The predicted molar refractivity (Wildman–Crippen MR) is 60.1 cm³/mol. The number of hydrogen-bond acceptors (Lipinski definition) is 3. The molecule has 1 amide bonds. The molecule has 82 valence electrons. The molecule has 1 aromatic heterocycles. The van der Waals surface area contributed by atoms with E-state index in [-0.39, 0.29) is 11.8 Å². The van der Waals surface area contributed by atoms with Crippen LogP contribution in [0.1, 0.15) is 12.1 Å². The maximum atomic E-state index is 11.7. The smallest absolute Gasteiger partial charge is 0.228 e. The molecule has 1 aliphatic rings. The number of amides is 1. The van der Waals surface area contributed by atoms with Gasteiger partial charge in [0.1, 0.15) is 17.6 Å². The molecule has 0 aromatic carbocycles.